The average molecular weight is 435 g/mol. The number of thiazole rings is 1. The molecule has 0 unspecified atom stereocenters. The van der Waals surface area contributed by atoms with E-state index in [4.69, 9.17) is 4.74 Å². The number of esters is 1. The van der Waals surface area contributed by atoms with Gasteiger partial charge in [-0.15, -0.1) is 0 Å². The Hall–Kier alpha value is -2.65. The minimum atomic E-state index is -4.35. The highest BCUT2D eigenvalue weighted by Gasteiger charge is 2.31. The first-order valence-corrected chi connectivity index (χ1v) is 10.3. The zero-order valence-corrected chi connectivity index (χ0v) is 17.1. The molecule has 30 heavy (non-hydrogen) atoms. The van der Waals surface area contributed by atoms with Gasteiger partial charge in [0.05, 0.1) is 28.5 Å². The van der Waals surface area contributed by atoms with Gasteiger partial charge in [0, 0.05) is 32.7 Å². The summed E-state index contributed by atoms with van der Waals surface area (Å²) in [6.07, 6.45) is -4.35. The second-order valence-corrected chi connectivity index (χ2v) is 8.14. The summed E-state index contributed by atoms with van der Waals surface area (Å²) in [6, 6.07) is 11.1. The molecule has 9 heteroatoms. The van der Waals surface area contributed by atoms with Crippen molar-refractivity contribution in [1.29, 1.82) is 0 Å². The number of rotatable bonds is 4. The van der Waals surface area contributed by atoms with Crippen LogP contribution < -0.4 is 4.90 Å². The van der Waals surface area contributed by atoms with Crippen molar-refractivity contribution in [1.82, 2.24) is 9.88 Å². The van der Waals surface area contributed by atoms with Crippen molar-refractivity contribution in [3.8, 4) is 0 Å². The van der Waals surface area contributed by atoms with Crippen LogP contribution in [0.5, 0.6) is 0 Å². The van der Waals surface area contributed by atoms with E-state index in [2.05, 4.69) is 14.8 Å². The predicted molar refractivity (Wildman–Crippen MR) is 110 cm³/mol. The molecule has 0 radical (unpaired) electrons. The summed E-state index contributed by atoms with van der Waals surface area (Å²) in [5.41, 5.74) is 1.50. The van der Waals surface area contributed by atoms with Crippen molar-refractivity contribution >= 4 is 32.7 Å². The largest absolute Gasteiger partial charge is 0.465 e. The van der Waals surface area contributed by atoms with Gasteiger partial charge in [-0.1, -0.05) is 23.5 Å². The maximum atomic E-state index is 12.9. The topological polar surface area (TPSA) is 45.7 Å². The van der Waals surface area contributed by atoms with E-state index in [9.17, 15) is 18.0 Å². The maximum Gasteiger partial charge on any atom is 0.416 e. The number of aromatic nitrogens is 1. The van der Waals surface area contributed by atoms with Gasteiger partial charge in [-0.05, 0) is 35.9 Å². The molecule has 5 nitrogen and oxygen atoms in total. The van der Waals surface area contributed by atoms with Gasteiger partial charge in [0.2, 0.25) is 0 Å². The van der Waals surface area contributed by atoms with Crippen LogP contribution in [0.3, 0.4) is 0 Å². The molecule has 0 spiro atoms. The number of piperazine rings is 1. The second kappa shape index (κ2) is 8.23. The zero-order chi connectivity index (χ0) is 21.3. The van der Waals surface area contributed by atoms with Crippen molar-refractivity contribution < 1.29 is 22.7 Å². The molecular formula is C21H20F3N3O2S. The van der Waals surface area contributed by atoms with E-state index in [0.717, 1.165) is 42.9 Å². The molecule has 1 fully saturated rings. The molecule has 3 aromatic rings. The number of methoxy groups -OCH3 is 1. The third-order valence-corrected chi connectivity index (χ3v) is 6.18. The smallest absolute Gasteiger partial charge is 0.416 e. The van der Waals surface area contributed by atoms with Crippen LogP contribution in [0.4, 0.5) is 18.3 Å². The summed E-state index contributed by atoms with van der Waals surface area (Å²) >= 11 is 1.29. The highest BCUT2D eigenvalue weighted by atomic mass is 32.1. The number of fused-ring (bicyclic) bond motifs is 1. The molecule has 2 aromatic carbocycles. The van der Waals surface area contributed by atoms with Gasteiger partial charge in [0.1, 0.15) is 0 Å². The lowest BCUT2D eigenvalue weighted by atomic mass is 10.1. The molecule has 0 bridgehead atoms. The van der Waals surface area contributed by atoms with Gasteiger partial charge in [-0.25, -0.2) is 9.78 Å². The van der Waals surface area contributed by atoms with Crippen LogP contribution in [0.1, 0.15) is 21.5 Å². The van der Waals surface area contributed by atoms with Gasteiger partial charge >= 0.3 is 12.1 Å². The lowest BCUT2D eigenvalue weighted by Gasteiger charge is -2.34. The summed E-state index contributed by atoms with van der Waals surface area (Å²) in [4.78, 5) is 20.6. The van der Waals surface area contributed by atoms with Crippen LogP contribution in [-0.4, -0.2) is 49.1 Å². The van der Waals surface area contributed by atoms with Crippen molar-refractivity contribution in [2.24, 2.45) is 0 Å². The Morgan fingerprint density at radius 2 is 1.90 bits per heavy atom. The van der Waals surface area contributed by atoms with Crippen LogP contribution in [-0.2, 0) is 17.5 Å². The van der Waals surface area contributed by atoms with Crippen LogP contribution in [0.25, 0.3) is 10.2 Å². The maximum absolute atomic E-state index is 12.9. The van der Waals surface area contributed by atoms with Crippen LogP contribution >= 0.6 is 11.3 Å². The summed E-state index contributed by atoms with van der Waals surface area (Å²) in [5, 5.41) is 0.747. The fraction of sp³-hybridized carbons (Fsp3) is 0.333. The Morgan fingerprint density at radius 1 is 1.13 bits per heavy atom. The zero-order valence-electron chi connectivity index (χ0n) is 16.3. The lowest BCUT2D eigenvalue weighted by Crippen LogP contribution is -2.45. The van der Waals surface area contributed by atoms with Gasteiger partial charge in [0.15, 0.2) is 5.13 Å². The second-order valence-electron chi connectivity index (χ2n) is 7.13. The molecule has 0 N–H and O–H groups in total. The summed E-state index contributed by atoms with van der Waals surface area (Å²) in [7, 11) is 1.36. The molecular weight excluding hydrogens is 415 g/mol. The third kappa shape index (κ3) is 4.41. The number of hydrogen-bond donors (Lipinski definition) is 0. The number of nitrogens with zero attached hydrogens (tertiary/aromatic N) is 3. The Kier molecular flexibility index (Phi) is 5.66. The van der Waals surface area contributed by atoms with Crippen molar-refractivity contribution in [3.63, 3.8) is 0 Å². The molecule has 0 atom stereocenters. The number of alkyl halides is 3. The van der Waals surface area contributed by atoms with Gasteiger partial charge in [-0.3, -0.25) is 4.90 Å². The third-order valence-electron chi connectivity index (χ3n) is 5.10. The van der Waals surface area contributed by atoms with Gasteiger partial charge in [-0.2, -0.15) is 13.2 Å². The van der Waals surface area contributed by atoms with E-state index in [1.165, 1.54) is 30.6 Å². The number of hydrogen-bond acceptors (Lipinski definition) is 6. The number of carbonyl (C=O) groups is 1. The Bertz CT molecular complexity index is 1060. The number of carbonyl (C=O) groups excluding carboxylic acids is 1. The van der Waals surface area contributed by atoms with Crippen LogP contribution in [0.2, 0.25) is 0 Å². The van der Waals surface area contributed by atoms with E-state index in [1.54, 1.807) is 6.07 Å². The SMILES string of the molecule is COC(=O)c1cccc(CN2CCN(c3nc4ccc(C(F)(F)F)cc4s3)CC2)c1. The van der Waals surface area contributed by atoms with Crippen molar-refractivity contribution in [2.45, 2.75) is 12.7 Å². The Morgan fingerprint density at radius 3 is 2.60 bits per heavy atom. The van der Waals surface area contributed by atoms with E-state index in [-0.39, 0.29) is 5.97 Å². The molecule has 2 heterocycles. The van der Waals surface area contributed by atoms with E-state index >= 15 is 0 Å². The Balaban J connectivity index is 1.40. The monoisotopic (exact) mass is 435 g/mol. The standard InChI is InChI=1S/C21H20F3N3O2S/c1-29-19(28)15-4-2-3-14(11-15)13-26-7-9-27(10-8-26)20-25-17-6-5-16(21(22,23)24)12-18(17)30-20/h2-6,11-12H,7-10,13H2,1H3. The summed E-state index contributed by atoms with van der Waals surface area (Å²) in [5.74, 6) is -0.355. The molecule has 0 saturated carbocycles. The molecule has 0 aliphatic carbocycles. The molecule has 1 saturated heterocycles. The minimum absolute atomic E-state index is 0.355. The fourth-order valence-electron chi connectivity index (χ4n) is 3.49. The predicted octanol–water partition coefficient (Wildman–Crippen LogP) is 4.42. The van der Waals surface area contributed by atoms with Crippen molar-refractivity contribution in [3.05, 3.63) is 59.2 Å². The lowest BCUT2D eigenvalue weighted by molar-refractivity contribution is -0.137. The average Bonchev–Trinajstić information content (AvgIpc) is 3.16. The summed E-state index contributed by atoms with van der Waals surface area (Å²) in [6.45, 7) is 3.79. The van der Waals surface area contributed by atoms with Crippen LogP contribution in [0.15, 0.2) is 42.5 Å². The van der Waals surface area contributed by atoms with E-state index in [0.29, 0.717) is 22.3 Å². The Labute approximate surface area is 175 Å². The highest BCUT2D eigenvalue weighted by Crippen LogP contribution is 2.35. The van der Waals surface area contributed by atoms with Crippen LogP contribution in [0, 0.1) is 0 Å². The number of benzene rings is 2. The molecule has 1 aliphatic rings. The molecule has 4 rings (SSSR count). The minimum Gasteiger partial charge on any atom is -0.465 e. The van der Waals surface area contributed by atoms with Gasteiger partial charge < -0.3 is 9.64 Å². The fourth-order valence-corrected chi connectivity index (χ4v) is 4.55. The normalized spacial score (nSPS) is 15.5. The van der Waals surface area contributed by atoms with Gasteiger partial charge in [0.25, 0.3) is 0 Å². The first-order valence-electron chi connectivity index (χ1n) is 9.46. The highest BCUT2D eigenvalue weighted by molar-refractivity contribution is 7.22. The van der Waals surface area contributed by atoms with E-state index < -0.39 is 11.7 Å². The molecule has 0 amide bonds. The number of anilines is 1. The first-order chi connectivity index (χ1) is 14.3. The van der Waals surface area contributed by atoms with E-state index in [1.807, 2.05) is 18.2 Å². The molecule has 1 aliphatic heterocycles. The molecule has 158 valence electrons. The number of halogens is 3. The summed E-state index contributed by atoms with van der Waals surface area (Å²) < 4.78 is 44.1. The number of ether oxygens (including phenoxy) is 1. The quantitative estimate of drug-likeness (QED) is 0.568. The molecule has 1 aromatic heterocycles. The van der Waals surface area contributed by atoms with Crippen molar-refractivity contribution in [2.75, 3.05) is 38.2 Å². The first kappa shape index (κ1) is 20.6.